The quantitative estimate of drug-likeness (QED) is 0.610. The fourth-order valence-corrected chi connectivity index (χ4v) is 4.28. The van der Waals surface area contributed by atoms with Crippen molar-refractivity contribution in [2.45, 2.75) is 17.7 Å². The van der Waals surface area contributed by atoms with Gasteiger partial charge >= 0.3 is 0 Å². The number of nitrogens with zero attached hydrogens (tertiary/aromatic N) is 1. The van der Waals surface area contributed by atoms with Crippen molar-refractivity contribution in [3.8, 4) is 0 Å². The first kappa shape index (κ1) is 18.6. The van der Waals surface area contributed by atoms with Gasteiger partial charge < -0.3 is 5.32 Å². The van der Waals surface area contributed by atoms with E-state index in [4.69, 9.17) is 11.6 Å². The number of amides is 1. The number of hydrogen-bond donors (Lipinski definition) is 1. The van der Waals surface area contributed by atoms with Crippen LogP contribution in [0.25, 0.3) is 0 Å². The van der Waals surface area contributed by atoms with Crippen LogP contribution in [0, 0.1) is 5.92 Å². The van der Waals surface area contributed by atoms with Crippen LogP contribution in [0.5, 0.6) is 0 Å². The number of sulfonamides is 1. The van der Waals surface area contributed by atoms with E-state index < -0.39 is 10.0 Å². The van der Waals surface area contributed by atoms with Crippen molar-refractivity contribution in [2.24, 2.45) is 5.92 Å². The van der Waals surface area contributed by atoms with Gasteiger partial charge in [0, 0.05) is 35.3 Å². The lowest BCUT2D eigenvalue weighted by Crippen LogP contribution is -2.45. The normalized spacial score (nSPS) is 19.5. The van der Waals surface area contributed by atoms with Gasteiger partial charge in [0.15, 0.2) is 0 Å². The minimum absolute atomic E-state index is 0.0601. The van der Waals surface area contributed by atoms with Crippen LogP contribution in [0.2, 0.25) is 5.02 Å². The number of nitrogens with one attached hydrogen (secondary N) is 1. The molecule has 2 rings (SSSR count). The van der Waals surface area contributed by atoms with E-state index in [1.54, 1.807) is 11.8 Å². The van der Waals surface area contributed by atoms with Gasteiger partial charge in [0.1, 0.15) is 0 Å². The van der Waals surface area contributed by atoms with Crippen molar-refractivity contribution >= 4 is 39.3 Å². The average Bonchev–Trinajstić information content (AvgIpc) is 2.52. The Morgan fingerprint density at radius 2 is 2.09 bits per heavy atom. The van der Waals surface area contributed by atoms with Crippen LogP contribution < -0.4 is 5.32 Å². The number of carbonyl (C=O) groups is 1. The zero-order chi connectivity index (χ0) is 16.9. The third kappa shape index (κ3) is 5.99. The lowest BCUT2D eigenvalue weighted by molar-refractivity contribution is -0.125. The smallest absolute Gasteiger partial charge is 0.224 e. The van der Waals surface area contributed by atoms with E-state index in [9.17, 15) is 13.2 Å². The first-order chi connectivity index (χ1) is 10.9. The van der Waals surface area contributed by atoms with E-state index in [-0.39, 0.29) is 18.4 Å². The monoisotopic (exact) mass is 376 g/mol. The molecule has 1 amide bonds. The second-order valence-corrected chi connectivity index (χ2v) is 9.14. The summed E-state index contributed by atoms with van der Waals surface area (Å²) in [7, 11) is -3.22. The standard InChI is InChI=1S/C15H21ClN2O3S2/c1-23(20,21)18-9-2-3-12(11-18)15(19)17-8-10-22-14-6-4-13(16)5-7-14/h4-7,12H,2-3,8-11H2,1H3,(H,17,19)/t12-/m1/s1. The summed E-state index contributed by atoms with van der Waals surface area (Å²) in [5, 5.41) is 3.60. The Morgan fingerprint density at radius 3 is 2.74 bits per heavy atom. The van der Waals surface area contributed by atoms with Crippen molar-refractivity contribution in [1.29, 1.82) is 0 Å². The molecule has 0 spiro atoms. The Labute approximate surface area is 146 Å². The van der Waals surface area contributed by atoms with Gasteiger partial charge in [-0.05, 0) is 37.1 Å². The SMILES string of the molecule is CS(=O)(=O)N1CCC[C@@H](C(=O)NCCSc2ccc(Cl)cc2)C1. The molecule has 1 aromatic rings. The third-order valence-electron chi connectivity index (χ3n) is 3.71. The van der Waals surface area contributed by atoms with Crippen molar-refractivity contribution in [3.05, 3.63) is 29.3 Å². The summed E-state index contributed by atoms with van der Waals surface area (Å²) in [5.41, 5.74) is 0. The van der Waals surface area contributed by atoms with Gasteiger partial charge in [0.05, 0.1) is 12.2 Å². The highest BCUT2D eigenvalue weighted by atomic mass is 35.5. The zero-order valence-electron chi connectivity index (χ0n) is 13.0. The second kappa shape index (κ2) is 8.37. The molecule has 1 heterocycles. The number of thioether (sulfide) groups is 1. The predicted molar refractivity (Wildman–Crippen MR) is 94.3 cm³/mol. The first-order valence-corrected chi connectivity index (χ1v) is 10.7. The summed E-state index contributed by atoms with van der Waals surface area (Å²) in [6, 6.07) is 7.56. The maximum absolute atomic E-state index is 12.2. The lowest BCUT2D eigenvalue weighted by Gasteiger charge is -2.30. The van der Waals surface area contributed by atoms with Gasteiger partial charge in [0.25, 0.3) is 0 Å². The summed E-state index contributed by atoms with van der Waals surface area (Å²) in [4.78, 5) is 13.3. The van der Waals surface area contributed by atoms with Crippen molar-refractivity contribution < 1.29 is 13.2 Å². The molecule has 1 saturated heterocycles. The number of rotatable bonds is 6. The Hall–Kier alpha value is -0.760. The summed E-state index contributed by atoms with van der Waals surface area (Å²) >= 11 is 7.47. The molecule has 0 saturated carbocycles. The minimum Gasteiger partial charge on any atom is -0.355 e. The molecule has 0 bridgehead atoms. The summed E-state index contributed by atoms with van der Waals surface area (Å²) in [5.74, 6) is 0.449. The number of halogens is 1. The zero-order valence-corrected chi connectivity index (χ0v) is 15.4. The van der Waals surface area contributed by atoms with Gasteiger partial charge in [-0.15, -0.1) is 11.8 Å². The molecule has 128 valence electrons. The molecule has 0 radical (unpaired) electrons. The van der Waals surface area contributed by atoms with Crippen molar-refractivity contribution in [1.82, 2.24) is 9.62 Å². The molecule has 23 heavy (non-hydrogen) atoms. The molecule has 1 aliphatic heterocycles. The fraction of sp³-hybridized carbons (Fsp3) is 0.533. The van der Waals surface area contributed by atoms with Crippen molar-refractivity contribution in [3.63, 3.8) is 0 Å². The summed E-state index contributed by atoms with van der Waals surface area (Å²) < 4.78 is 24.5. The van der Waals surface area contributed by atoms with E-state index in [0.29, 0.717) is 18.1 Å². The molecule has 1 aliphatic rings. The number of carbonyl (C=O) groups excluding carboxylic acids is 1. The molecule has 5 nitrogen and oxygen atoms in total. The molecular formula is C15H21ClN2O3S2. The molecule has 1 aromatic carbocycles. The summed E-state index contributed by atoms with van der Waals surface area (Å²) in [6.07, 6.45) is 2.66. The highest BCUT2D eigenvalue weighted by Gasteiger charge is 2.29. The fourth-order valence-electron chi connectivity index (χ4n) is 2.48. The van der Waals surface area contributed by atoms with E-state index in [2.05, 4.69) is 5.32 Å². The van der Waals surface area contributed by atoms with E-state index in [1.807, 2.05) is 24.3 Å². The van der Waals surface area contributed by atoms with E-state index in [1.165, 1.54) is 10.6 Å². The van der Waals surface area contributed by atoms with Gasteiger partial charge in [-0.2, -0.15) is 0 Å². The number of piperidine rings is 1. The van der Waals surface area contributed by atoms with Crippen LogP contribution in [-0.2, 0) is 14.8 Å². The highest BCUT2D eigenvalue weighted by Crippen LogP contribution is 2.21. The highest BCUT2D eigenvalue weighted by molar-refractivity contribution is 7.99. The maximum Gasteiger partial charge on any atom is 0.224 e. The largest absolute Gasteiger partial charge is 0.355 e. The predicted octanol–water partition coefficient (Wildman–Crippen LogP) is 2.22. The lowest BCUT2D eigenvalue weighted by atomic mass is 9.99. The van der Waals surface area contributed by atoms with Crippen LogP contribution in [0.1, 0.15) is 12.8 Å². The molecule has 0 aromatic heterocycles. The Kier molecular flexibility index (Phi) is 6.76. The van der Waals surface area contributed by atoms with Gasteiger partial charge in [-0.25, -0.2) is 12.7 Å². The molecule has 1 atom stereocenters. The van der Waals surface area contributed by atoms with Crippen LogP contribution >= 0.6 is 23.4 Å². The molecule has 0 aliphatic carbocycles. The van der Waals surface area contributed by atoms with Crippen molar-refractivity contribution in [2.75, 3.05) is 31.6 Å². The van der Waals surface area contributed by atoms with Crippen LogP contribution in [-0.4, -0.2) is 50.3 Å². The average molecular weight is 377 g/mol. The number of benzene rings is 1. The van der Waals surface area contributed by atoms with Crippen LogP contribution in [0.3, 0.4) is 0 Å². The Bertz CT molecular complexity index is 635. The van der Waals surface area contributed by atoms with Gasteiger partial charge in [-0.3, -0.25) is 4.79 Å². The minimum atomic E-state index is -3.22. The van der Waals surface area contributed by atoms with Crippen LogP contribution in [0.15, 0.2) is 29.2 Å². The second-order valence-electron chi connectivity index (χ2n) is 5.55. The van der Waals surface area contributed by atoms with Crippen LogP contribution in [0.4, 0.5) is 0 Å². The Balaban J connectivity index is 1.73. The molecular weight excluding hydrogens is 356 g/mol. The van der Waals surface area contributed by atoms with Gasteiger partial charge in [-0.1, -0.05) is 11.6 Å². The van der Waals surface area contributed by atoms with Gasteiger partial charge in [0.2, 0.25) is 15.9 Å². The topological polar surface area (TPSA) is 66.5 Å². The molecule has 8 heteroatoms. The van der Waals surface area contributed by atoms with E-state index >= 15 is 0 Å². The molecule has 1 fully saturated rings. The number of hydrogen-bond acceptors (Lipinski definition) is 4. The Morgan fingerprint density at radius 1 is 1.39 bits per heavy atom. The van der Waals surface area contributed by atoms with E-state index in [0.717, 1.165) is 23.5 Å². The molecule has 0 unspecified atom stereocenters. The molecule has 1 N–H and O–H groups in total. The third-order valence-corrected chi connectivity index (χ3v) is 6.24. The maximum atomic E-state index is 12.2. The summed E-state index contributed by atoms with van der Waals surface area (Å²) in [6.45, 7) is 1.35. The first-order valence-electron chi connectivity index (χ1n) is 7.47.